The second kappa shape index (κ2) is 6.81. The molecule has 122 valence electrons. The van der Waals surface area contributed by atoms with Gasteiger partial charge in [0, 0.05) is 11.9 Å². The largest absolute Gasteiger partial charge is 0.387 e. The molecule has 1 heterocycles. The number of benzene rings is 2. The van der Waals surface area contributed by atoms with E-state index in [4.69, 9.17) is 0 Å². The van der Waals surface area contributed by atoms with Gasteiger partial charge in [0.25, 0.3) is 5.91 Å². The van der Waals surface area contributed by atoms with Gasteiger partial charge in [-0.1, -0.05) is 42.0 Å². The van der Waals surface area contributed by atoms with Crippen molar-refractivity contribution < 1.29 is 9.90 Å². The fourth-order valence-electron chi connectivity index (χ4n) is 2.70. The van der Waals surface area contributed by atoms with Crippen LogP contribution >= 0.6 is 0 Å². The topological polar surface area (TPSA) is 62.2 Å². The number of nitrogens with zero attached hydrogens (tertiary/aromatic N) is 1. The normalized spacial score (nSPS) is 12.1. The molecule has 0 saturated heterocycles. The summed E-state index contributed by atoms with van der Waals surface area (Å²) in [5, 5.41) is 13.9. The zero-order valence-corrected chi connectivity index (χ0v) is 13.8. The molecule has 24 heavy (non-hydrogen) atoms. The van der Waals surface area contributed by atoms with Crippen LogP contribution in [0, 0.1) is 13.8 Å². The molecule has 0 aliphatic carbocycles. The number of carbonyl (C=O) groups is 1. The number of aromatic nitrogens is 1. The lowest BCUT2D eigenvalue weighted by molar-refractivity contribution is 0.0915. The van der Waals surface area contributed by atoms with Crippen LogP contribution in [0.25, 0.3) is 10.9 Å². The van der Waals surface area contributed by atoms with Crippen molar-refractivity contribution >= 4 is 16.8 Å². The molecule has 0 aliphatic heterocycles. The molecule has 0 bridgehead atoms. The van der Waals surface area contributed by atoms with Crippen LogP contribution in [-0.4, -0.2) is 22.5 Å². The number of hydrogen-bond acceptors (Lipinski definition) is 3. The van der Waals surface area contributed by atoms with E-state index in [1.807, 2.05) is 68.4 Å². The molecule has 1 amide bonds. The minimum absolute atomic E-state index is 0.161. The van der Waals surface area contributed by atoms with E-state index in [9.17, 15) is 9.90 Å². The van der Waals surface area contributed by atoms with Gasteiger partial charge in [0.2, 0.25) is 0 Å². The molecule has 1 unspecified atom stereocenters. The molecule has 1 atom stereocenters. The number of carbonyl (C=O) groups excluding carboxylic acids is 1. The third-order valence-corrected chi connectivity index (χ3v) is 4.05. The predicted molar refractivity (Wildman–Crippen MR) is 95.0 cm³/mol. The minimum Gasteiger partial charge on any atom is -0.387 e. The zero-order chi connectivity index (χ0) is 17.1. The van der Waals surface area contributed by atoms with E-state index in [2.05, 4.69) is 10.3 Å². The maximum Gasteiger partial charge on any atom is 0.253 e. The lowest BCUT2D eigenvalue weighted by atomic mass is 10.1. The summed E-state index contributed by atoms with van der Waals surface area (Å²) in [4.78, 5) is 17.0. The number of fused-ring (bicyclic) bond motifs is 1. The molecule has 0 radical (unpaired) electrons. The standard InChI is InChI=1S/C20H20N2O2/c1-13-8-9-18-16(10-13)11-17(14(2)22-18)20(24)21-12-19(23)15-6-4-3-5-7-15/h3-11,19,23H,12H2,1-2H3,(H,21,24). The fraction of sp³-hybridized carbons (Fsp3) is 0.200. The Morgan fingerprint density at radius 1 is 1.12 bits per heavy atom. The van der Waals surface area contributed by atoms with Crippen molar-refractivity contribution in [1.82, 2.24) is 10.3 Å². The van der Waals surface area contributed by atoms with Gasteiger partial charge < -0.3 is 10.4 Å². The summed E-state index contributed by atoms with van der Waals surface area (Å²) < 4.78 is 0. The summed E-state index contributed by atoms with van der Waals surface area (Å²) in [6.07, 6.45) is -0.730. The average molecular weight is 320 g/mol. The molecule has 1 aromatic heterocycles. The lowest BCUT2D eigenvalue weighted by Crippen LogP contribution is -2.29. The summed E-state index contributed by atoms with van der Waals surface area (Å²) in [5.41, 5.74) is 3.99. The molecule has 3 aromatic rings. The smallest absolute Gasteiger partial charge is 0.253 e. The number of pyridine rings is 1. The number of amides is 1. The van der Waals surface area contributed by atoms with Crippen LogP contribution < -0.4 is 5.32 Å². The molecule has 2 aromatic carbocycles. The first kappa shape index (κ1) is 16.1. The van der Waals surface area contributed by atoms with Crippen molar-refractivity contribution in [2.24, 2.45) is 0 Å². The fourth-order valence-corrected chi connectivity index (χ4v) is 2.70. The molecule has 2 N–H and O–H groups in total. The van der Waals surface area contributed by atoms with E-state index >= 15 is 0 Å². The molecule has 0 spiro atoms. The van der Waals surface area contributed by atoms with E-state index in [1.54, 1.807) is 0 Å². The van der Waals surface area contributed by atoms with Crippen LogP contribution in [0.1, 0.15) is 33.3 Å². The number of hydrogen-bond donors (Lipinski definition) is 2. The summed E-state index contributed by atoms with van der Waals surface area (Å²) in [5.74, 6) is -0.224. The van der Waals surface area contributed by atoms with Crippen molar-refractivity contribution in [1.29, 1.82) is 0 Å². The second-order valence-corrected chi connectivity index (χ2v) is 5.95. The van der Waals surface area contributed by atoms with Crippen LogP contribution in [0.15, 0.2) is 54.6 Å². The molecule has 0 aliphatic rings. The Balaban J connectivity index is 1.77. The molecular weight excluding hydrogens is 300 g/mol. The van der Waals surface area contributed by atoms with E-state index in [-0.39, 0.29) is 12.5 Å². The van der Waals surface area contributed by atoms with Gasteiger partial charge in [-0.2, -0.15) is 0 Å². The molecule has 0 saturated carbocycles. The highest BCUT2D eigenvalue weighted by Crippen LogP contribution is 2.18. The van der Waals surface area contributed by atoms with E-state index in [0.717, 1.165) is 22.0 Å². The van der Waals surface area contributed by atoms with Crippen molar-refractivity contribution in [2.75, 3.05) is 6.54 Å². The van der Waals surface area contributed by atoms with Crippen molar-refractivity contribution in [3.63, 3.8) is 0 Å². The van der Waals surface area contributed by atoms with Crippen LogP contribution in [0.4, 0.5) is 0 Å². The summed E-state index contributed by atoms with van der Waals surface area (Å²) in [6.45, 7) is 3.99. The van der Waals surface area contributed by atoms with E-state index in [1.165, 1.54) is 0 Å². The SMILES string of the molecule is Cc1ccc2nc(C)c(C(=O)NCC(O)c3ccccc3)cc2c1. The predicted octanol–water partition coefficient (Wildman–Crippen LogP) is 3.32. The molecule has 0 fully saturated rings. The van der Waals surface area contributed by atoms with Gasteiger partial charge in [-0.15, -0.1) is 0 Å². The quantitative estimate of drug-likeness (QED) is 0.775. The van der Waals surface area contributed by atoms with Crippen molar-refractivity contribution in [3.05, 3.63) is 77.0 Å². The van der Waals surface area contributed by atoms with Crippen LogP contribution in [0.3, 0.4) is 0 Å². The van der Waals surface area contributed by atoms with Crippen molar-refractivity contribution in [3.8, 4) is 0 Å². The van der Waals surface area contributed by atoms with Gasteiger partial charge in [-0.05, 0) is 37.6 Å². The Morgan fingerprint density at radius 2 is 1.88 bits per heavy atom. The highest BCUT2D eigenvalue weighted by atomic mass is 16.3. The van der Waals surface area contributed by atoms with Crippen LogP contribution in [-0.2, 0) is 0 Å². The molecule has 4 nitrogen and oxygen atoms in total. The Labute approximate surface area is 141 Å². The van der Waals surface area contributed by atoms with Gasteiger partial charge in [0.1, 0.15) is 0 Å². The number of aliphatic hydroxyl groups is 1. The maximum absolute atomic E-state index is 12.5. The third kappa shape index (κ3) is 3.44. The highest BCUT2D eigenvalue weighted by Gasteiger charge is 2.14. The van der Waals surface area contributed by atoms with Gasteiger partial charge in [-0.25, -0.2) is 0 Å². The Bertz CT molecular complexity index is 875. The number of rotatable bonds is 4. The minimum atomic E-state index is -0.730. The monoisotopic (exact) mass is 320 g/mol. The first-order valence-corrected chi connectivity index (χ1v) is 7.94. The molecule has 4 heteroatoms. The Morgan fingerprint density at radius 3 is 2.62 bits per heavy atom. The summed E-state index contributed by atoms with van der Waals surface area (Å²) in [6, 6.07) is 17.1. The Hall–Kier alpha value is -2.72. The van der Waals surface area contributed by atoms with Crippen LogP contribution in [0.2, 0.25) is 0 Å². The van der Waals surface area contributed by atoms with E-state index in [0.29, 0.717) is 11.3 Å². The summed E-state index contributed by atoms with van der Waals surface area (Å²) in [7, 11) is 0. The summed E-state index contributed by atoms with van der Waals surface area (Å²) >= 11 is 0. The van der Waals surface area contributed by atoms with Gasteiger partial charge >= 0.3 is 0 Å². The molecular formula is C20H20N2O2. The third-order valence-electron chi connectivity index (χ3n) is 4.05. The van der Waals surface area contributed by atoms with Crippen LogP contribution in [0.5, 0.6) is 0 Å². The van der Waals surface area contributed by atoms with Gasteiger partial charge in [0.05, 0.1) is 22.9 Å². The van der Waals surface area contributed by atoms with E-state index < -0.39 is 6.10 Å². The number of aryl methyl sites for hydroxylation is 2. The highest BCUT2D eigenvalue weighted by molar-refractivity contribution is 5.98. The first-order chi connectivity index (χ1) is 11.5. The lowest BCUT2D eigenvalue weighted by Gasteiger charge is -2.13. The maximum atomic E-state index is 12.5. The number of aliphatic hydroxyl groups excluding tert-OH is 1. The molecule has 3 rings (SSSR count). The Kier molecular flexibility index (Phi) is 4.58. The zero-order valence-electron chi connectivity index (χ0n) is 13.8. The van der Waals surface area contributed by atoms with Crippen molar-refractivity contribution in [2.45, 2.75) is 20.0 Å². The van der Waals surface area contributed by atoms with Gasteiger partial charge in [-0.3, -0.25) is 9.78 Å². The first-order valence-electron chi connectivity index (χ1n) is 7.94. The number of nitrogens with one attached hydrogen (secondary N) is 1. The van der Waals surface area contributed by atoms with Gasteiger partial charge in [0.15, 0.2) is 0 Å². The average Bonchev–Trinajstić information content (AvgIpc) is 2.60. The second-order valence-electron chi connectivity index (χ2n) is 5.95.